The molecule has 3 aliphatic heterocycles. The minimum atomic E-state index is -0.843. The molecule has 2 amide bonds. The lowest BCUT2D eigenvalue weighted by molar-refractivity contribution is -0.131. The molecule has 2 aromatic heterocycles. The summed E-state index contributed by atoms with van der Waals surface area (Å²) in [6.07, 6.45) is 1.76. The van der Waals surface area contributed by atoms with Gasteiger partial charge in [-0.05, 0) is 24.6 Å². The molecule has 3 saturated heterocycles. The fourth-order valence-corrected chi connectivity index (χ4v) is 6.02. The Bertz CT molecular complexity index is 1440. The van der Waals surface area contributed by atoms with E-state index in [-0.39, 0.29) is 30.0 Å². The lowest BCUT2D eigenvalue weighted by Crippen LogP contribution is -2.38. The van der Waals surface area contributed by atoms with Crippen LogP contribution in [0.3, 0.4) is 0 Å². The van der Waals surface area contributed by atoms with Crippen LogP contribution in [0.15, 0.2) is 30.7 Å². The average molecular weight is 607 g/mol. The third kappa shape index (κ3) is 6.28. The van der Waals surface area contributed by atoms with Gasteiger partial charge in [-0.3, -0.25) is 9.59 Å². The number of halogens is 2. The van der Waals surface area contributed by atoms with E-state index in [9.17, 15) is 18.4 Å². The zero-order valence-electron chi connectivity index (χ0n) is 23.1. The number of aromatic nitrogens is 3. The van der Waals surface area contributed by atoms with Gasteiger partial charge in [-0.1, -0.05) is 0 Å². The molecule has 15 heteroatoms. The maximum Gasteiger partial charge on any atom is 0.254 e. The Hall–Kier alpha value is -3.53. The van der Waals surface area contributed by atoms with Gasteiger partial charge >= 0.3 is 0 Å². The van der Waals surface area contributed by atoms with Gasteiger partial charge in [0.05, 0.1) is 24.5 Å². The largest absolute Gasteiger partial charge is 0.483 e. The molecule has 3 aliphatic rings. The first-order valence-corrected chi connectivity index (χ1v) is 14.5. The highest BCUT2D eigenvalue weighted by atomic mass is 32.2. The summed E-state index contributed by atoms with van der Waals surface area (Å²) in [5.41, 5.74) is 7.48. The summed E-state index contributed by atoms with van der Waals surface area (Å²) in [6.45, 7) is 3.05. The summed E-state index contributed by atoms with van der Waals surface area (Å²) < 4.78 is 50.5. The minimum absolute atomic E-state index is 0.162. The fraction of sp³-hybridized carbons (Fsp3) is 0.481. The molecule has 226 valence electrons. The highest BCUT2D eigenvalue weighted by Crippen LogP contribution is 2.36. The van der Waals surface area contributed by atoms with Crippen molar-refractivity contribution in [2.24, 2.45) is 5.73 Å². The number of alkyl halides is 1. The van der Waals surface area contributed by atoms with Crippen molar-refractivity contribution in [1.29, 1.82) is 0 Å². The minimum Gasteiger partial charge on any atom is -0.483 e. The zero-order chi connectivity index (χ0) is 29.8. The van der Waals surface area contributed by atoms with Crippen LogP contribution in [-0.4, -0.2) is 107 Å². The summed E-state index contributed by atoms with van der Waals surface area (Å²) in [5, 5.41) is 7.31. The number of benzene rings is 1. The number of thioether (sulfide) groups is 1. The van der Waals surface area contributed by atoms with Gasteiger partial charge in [0, 0.05) is 44.0 Å². The number of aryl methyl sites for hydroxylation is 1. The summed E-state index contributed by atoms with van der Waals surface area (Å²) >= 11 is 1.81. The number of carbonyl (C=O) groups excluding carboxylic acids is 2. The molecule has 3 fully saturated rings. The quantitative estimate of drug-likeness (QED) is 0.411. The Balaban J connectivity index is 0.000000300. The maximum atomic E-state index is 14.1. The fourth-order valence-electron chi connectivity index (χ4n) is 5.12. The molecule has 12 nitrogen and oxygen atoms in total. The molecule has 1 aromatic carbocycles. The normalized spacial score (nSPS) is 23.3. The number of nitrogens with two attached hydrogens (primary N) is 1. The standard InChI is InChI=1S/C21H22FN5O5.C6H10FNOS/c1-10-12(20(23)28)6-27-17(10)21(24-9-25-27)26-13-4-3-11(22)5-14(13)32-16-8-31-18-15(29-2)7-30-19(16)18;7-5-6(9)8-1-3-10-4-2-8/h3-6,9,15-16,18-19H,7-8H2,1-2H3,(H2,23,28)(H,24,25,26);1-5H2/t15?,16?,18-,19-;/m1./s1. The second-order valence-corrected chi connectivity index (χ2v) is 11.1. The van der Waals surface area contributed by atoms with Crippen molar-refractivity contribution in [3.05, 3.63) is 47.7 Å². The van der Waals surface area contributed by atoms with E-state index in [1.165, 1.54) is 23.0 Å². The van der Waals surface area contributed by atoms with Gasteiger partial charge in [-0.2, -0.15) is 16.9 Å². The molecule has 5 heterocycles. The van der Waals surface area contributed by atoms with E-state index in [0.29, 0.717) is 54.5 Å². The Labute approximate surface area is 244 Å². The predicted molar refractivity (Wildman–Crippen MR) is 150 cm³/mol. The highest BCUT2D eigenvalue weighted by molar-refractivity contribution is 7.99. The van der Waals surface area contributed by atoms with Crippen LogP contribution in [0.5, 0.6) is 5.75 Å². The van der Waals surface area contributed by atoms with Crippen molar-refractivity contribution in [1.82, 2.24) is 19.5 Å². The van der Waals surface area contributed by atoms with Gasteiger partial charge in [0.15, 0.2) is 18.6 Å². The van der Waals surface area contributed by atoms with Gasteiger partial charge in [-0.25, -0.2) is 18.3 Å². The first kappa shape index (κ1) is 29.9. The van der Waals surface area contributed by atoms with E-state index < -0.39 is 24.5 Å². The number of amides is 2. The lowest BCUT2D eigenvalue weighted by atomic mass is 10.1. The summed E-state index contributed by atoms with van der Waals surface area (Å²) in [7, 11) is 1.61. The van der Waals surface area contributed by atoms with Crippen molar-refractivity contribution >= 4 is 40.6 Å². The Morgan fingerprint density at radius 3 is 2.60 bits per heavy atom. The molecule has 3 N–H and O–H groups in total. The van der Waals surface area contributed by atoms with E-state index >= 15 is 0 Å². The molecular weight excluding hydrogens is 574 g/mol. The first-order valence-electron chi connectivity index (χ1n) is 13.3. The van der Waals surface area contributed by atoms with E-state index in [1.54, 1.807) is 31.2 Å². The molecule has 3 aromatic rings. The van der Waals surface area contributed by atoms with E-state index in [0.717, 1.165) is 11.5 Å². The second-order valence-electron chi connectivity index (χ2n) is 9.85. The van der Waals surface area contributed by atoms with Crippen LogP contribution in [0.25, 0.3) is 5.52 Å². The average Bonchev–Trinajstić information content (AvgIpc) is 3.69. The Morgan fingerprint density at radius 2 is 1.90 bits per heavy atom. The third-order valence-electron chi connectivity index (χ3n) is 7.31. The molecular formula is C27H32F2N6O6S. The van der Waals surface area contributed by atoms with Crippen molar-refractivity contribution in [3.63, 3.8) is 0 Å². The predicted octanol–water partition coefficient (Wildman–Crippen LogP) is 2.11. The lowest BCUT2D eigenvalue weighted by Gasteiger charge is -2.25. The molecule has 0 aliphatic carbocycles. The number of anilines is 2. The molecule has 2 unspecified atom stereocenters. The number of carbonyl (C=O) groups is 2. The highest BCUT2D eigenvalue weighted by Gasteiger charge is 2.49. The molecule has 0 saturated carbocycles. The van der Waals surface area contributed by atoms with Crippen LogP contribution in [-0.2, 0) is 19.0 Å². The van der Waals surface area contributed by atoms with Crippen molar-refractivity contribution < 1.29 is 37.3 Å². The number of rotatable bonds is 7. The van der Waals surface area contributed by atoms with Gasteiger partial charge in [0.2, 0.25) is 0 Å². The van der Waals surface area contributed by atoms with Crippen molar-refractivity contribution in [2.45, 2.75) is 31.3 Å². The number of hydrogen-bond donors (Lipinski definition) is 2. The first-order chi connectivity index (χ1) is 20.3. The number of nitrogens with one attached hydrogen (secondary N) is 1. The summed E-state index contributed by atoms with van der Waals surface area (Å²) in [6, 6.07) is 4.16. The van der Waals surface area contributed by atoms with Crippen LogP contribution in [0, 0.1) is 12.7 Å². The van der Waals surface area contributed by atoms with Crippen molar-refractivity contribution in [2.75, 3.05) is 56.9 Å². The van der Waals surface area contributed by atoms with Crippen LogP contribution >= 0.6 is 11.8 Å². The summed E-state index contributed by atoms with van der Waals surface area (Å²) in [5.74, 6) is 1.22. The zero-order valence-corrected chi connectivity index (χ0v) is 23.9. The maximum absolute atomic E-state index is 14.1. The Morgan fingerprint density at radius 1 is 1.19 bits per heavy atom. The SMILES string of the molecule is COC1CO[C@@H]2C(Oc3cc(F)ccc3Nc3ncnn4cc(C(N)=O)c(C)c34)CO[C@H]12.O=C(CF)N1CCSCC1. The number of ether oxygens (including phenoxy) is 4. The monoisotopic (exact) mass is 606 g/mol. The second kappa shape index (κ2) is 13.2. The molecule has 0 radical (unpaired) electrons. The summed E-state index contributed by atoms with van der Waals surface area (Å²) in [4.78, 5) is 28.3. The van der Waals surface area contributed by atoms with Gasteiger partial charge in [-0.15, -0.1) is 0 Å². The number of fused-ring (bicyclic) bond motifs is 2. The van der Waals surface area contributed by atoms with Crippen LogP contribution in [0.4, 0.5) is 20.3 Å². The Kier molecular flexibility index (Phi) is 9.40. The van der Waals surface area contributed by atoms with E-state index in [2.05, 4.69) is 15.4 Å². The van der Waals surface area contributed by atoms with Gasteiger partial charge < -0.3 is 34.9 Å². The van der Waals surface area contributed by atoms with Crippen molar-refractivity contribution in [3.8, 4) is 5.75 Å². The molecule has 0 bridgehead atoms. The third-order valence-corrected chi connectivity index (χ3v) is 8.25. The molecule has 0 spiro atoms. The number of nitrogens with zero attached hydrogens (tertiary/aromatic N) is 4. The van der Waals surface area contributed by atoms with Gasteiger partial charge in [0.25, 0.3) is 11.8 Å². The van der Waals surface area contributed by atoms with Crippen LogP contribution in [0.2, 0.25) is 0 Å². The van der Waals surface area contributed by atoms with E-state index in [1.807, 2.05) is 11.8 Å². The number of primary amides is 1. The topological polar surface area (TPSA) is 143 Å². The van der Waals surface area contributed by atoms with Crippen LogP contribution < -0.4 is 15.8 Å². The van der Waals surface area contributed by atoms with Crippen LogP contribution in [0.1, 0.15) is 15.9 Å². The molecule has 42 heavy (non-hydrogen) atoms. The smallest absolute Gasteiger partial charge is 0.254 e. The van der Waals surface area contributed by atoms with E-state index in [4.69, 9.17) is 24.7 Å². The number of methoxy groups -OCH3 is 1. The molecule has 4 atom stereocenters. The number of hydrogen-bond acceptors (Lipinski definition) is 10. The molecule has 6 rings (SSSR count). The van der Waals surface area contributed by atoms with Gasteiger partial charge in [0.1, 0.15) is 41.7 Å².